The Bertz CT molecular complexity index is 1390. The van der Waals surface area contributed by atoms with E-state index in [1.165, 1.54) is 11.8 Å². The molecule has 4 rings (SSSR count). The van der Waals surface area contributed by atoms with Crippen LogP contribution in [-0.2, 0) is 17.7 Å². The molecule has 0 spiro atoms. The quantitative estimate of drug-likeness (QED) is 0.329. The van der Waals surface area contributed by atoms with Crippen molar-refractivity contribution in [3.05, 3.63) is 56.4 Å². The molecule has 182 valence electrons. The van der Waals surface area contributed by atoms with Gasteiger partial charge in [0, 0.05) is 23.6 Å². The molecule has 0 unspecified atom stereocenters. The molecule has 0 atom stereocenters. The Hall–Kier alpha value is -4.11. The molecule has 1 aliphatic heterocycles. The second-order valence-electron chi connectivity index (χ2n) is 8.73. The lowest BCUT2D eigenvalue weighted by Gasteiger charge is -2.29. The minimum atomic E-state index is -0.898. The first-order valence-corrected chi connectivity index (χ1v) is 11.5. The number of thiophene rings is 1. The molecule has 0 fully saturated rings. The van der Waals surface area contributed by atoms with Gasteiger partial charge in [-0.1, -0.05) is 0 Å². The Morgan fingerprint density at radius 1 is 1.34 bits per heavy atom. The van der Waals surface area contributed by atoms with Crippen molar-refractivity contribution in [2.24, 2.45) is 4.99 Å². The van der Waals surface area contributed by atoms with Crippen LogP contribution in [0.5, 0.6) is 5.75 Å². The third kappa shape index (κ3) is 4.90. The molecule has 35 heavy (non-hydrogen) atoms. The van der Waals surface area contributed by atoms with Crippen LogP contribution in [0, 0.1) is 11.3 Å². The van der Waals surface area contributed by atoms with Crippen molar-refractivity contribution in [3.8, 4) is 17.5 Å². The number of amides is 1. The van der Waals surface area contributed by atoms with Gasteiger partial charge in [-0.3, -0.25) is 4.52 Å². The highest BCUT2D eigenvalue weighted by Gasteiger charge is 2.30. The van der Waals surface area contributed by atoms with Crippen molar-refractivity contribution in [2.45, 2.75) is 39.3 Å². The molecule has 0 saturated heterocycles. The first-order chi connectivity index (χ1) is 16.6. The number of methoxy groups -OCH3 is 1. The lowest BCUT2D eigenvalue weighted by molar-refractivity contribution is -0.673. The number of carbonyl (C=O) groups excluding carboxylic acids is 1. The van der Waals surface area contributed by atoms with Gasteiger partial charge in [0.05, 0.1) is 25.1 Å². The van der Waals surface area contributed by atoms with E-state index in [1.807, 2.05) is 0 Å². The Kier molecular flexibility index (Phi) is 6.36. The molecule has 1 N–H and O–H groups in total. The van der Waals surface area contributed by atoms with Crippen LogP contribution >= 0.6 is 11.3 Å². The average Bonchev–Trinajstić information content (AvgIpc) is 3.36. The number of carbonyl (C=O) groups is 1. The first-order valence-electron chi connectivity index (χ1n) is 10.7. The van der Waals surface area contributed by atoms with Crippen LogP contribution in [0.4, 0.5) is 9.80 Å². The fourth-order valence-electron chi connectivity index (χ4n) is 3.58. The zero-order valence-corrected chi connectivity index (χ0v) is 20.4. The second kappa shape index (κ2) is 9.27. The van der Waals surface area contributed by atoms with Gasteiger partial charge in [0.1, 0.15) is 22.4 Å². The van der Waals surface area contributed by atoms with Crippen LogP contribution in [0.15, 0.2) is 38.6 Å². The highest BCUT2D eigenvalue weighted by molar-refractivity contribution is 7.16. The van der Waals surface area contributed by atoms with Crippen LogP contribution in [0.3, 0.4) is 0 Å². The Labute approximate surface area is 204 Å². The second-order valence-corrected chi connectivity index (χ2v) is 9.81. The van der Waals surface area contributed by atoms with Gasteiger partial charge in [0.15, 0.2) is 0 Å². The van der Waals surface area contributed by atoms with E-state index in [2.05, 4.69) is 16.3 Å². The molecule has 1 amide bonds. The number of aliphatic imine (C=N–C) groups is 1. The van der Waals surface area contributed by atoms with Gasteiger partial charge < -0.3 is 19.5 Å². The van der Waals surface area contributed by atoms with Crippen LogP contribution in [0.25, 0.3) is 5.69 Å². The van der Waals surface area contributed by atoms with Crippen molar-refractivity contribution < 1.29 is 28.6 Å². The maximum atomic E-state index is 13.0. The molecule has 12 heteroatoms. The Balaban J connectivity index is 1.67. The normalized spacial score (nSPS) is 13.8. The van der Waals surface area contributed by atoms with Gasteiger partial charge in [-0.05, 0) is 54.8 Å². The van der Waals surface area contributed by atoms with Gasteiger partial charge in [-0.2, -0.15) is 5.26 Å². The minimum Gasteiger partial charge on any atom is -0.854 e. The fraction of sp³-hybridized carbons (Fsp3) is 0.348. The average molecular weight is 498 g/mol. The van der Waals surface area contributed by atoms with Crippen molar-refractivity contribution in [2.75, 3.05) is 13.7 Å². The number of ether oxygens (including phenoxy) is 2. The summed E-state index contributed by atoms with van der Waals surface area (Å²) in [5.41, 5.74) is -0.416. The lowest BCUT2D eigenvalue weighted by Crippen LogP contribution is -2.44. The zero-order valence-electron chi connectivity index (χ0n) is 19.6. The zero-order chi connectivity index (χ0) is 25.3. The van der Waals surface area contributed by atoms with Gasteiger partial charge in [0.25, 0.3) is 0 Å². The molecule has 0 saturated carbocycles. The number of aromatic amines is 1. The van der Waals surface area contributed by atoms with Crippen molar-refractivity contribution in [1.29, 1.82) is 5.26 Å². The molecule has 1 aromatic carbocycles. The Morgan fingerprint density at radius 2 is 2.06 bits per heavy atom. The fourth-order valence-corrected chi connectivity index (χ4v) is 4.76. The van der Waals surface area contributed by atoms with Crippen molar-refractivity contribution in [3.63, 3.8) is 0 Å². The molecule has 1 aliphatic rings. The topological polar surface area (TPSA) is 148 Å². The standard InChI is InChI=1S/C23H23N5O6S/c1-23(2,3)33-22(31)27-10-9-15-16(11-24)20(35-17(15)12-27)25-19(29)18-21(30)34-26-28(18)13-5-7-14(32-4)8-6-13/h5-8H,9-10,12H2,1-4H3,(H-,25,26,29,30). The number of fused-ring (bicyclic) bond motifs is 1. The van der Waals surface area contributed by atoms with Crippen molar-refractivity contribution in [1.82, 2.24) is 10.2 Å². The van der Waals surface area contributed by atoms with E-state index in [-0.39, 0.29) is 22.8 Å². The van der Waals surface area contributed by atoms with Crippen LogP contribution < -0.4 is 20.2 Å². The molecular formula is C23H23N5O6S. The number of H-pyrrole nitrogens is 1. The number of aromatic nitrogens is 2. The van der Waals surface area contributed by atoms with E-state index in [0.717, 1.165) is 21.8 Å². The van der Waals surface area contributed by atoms with Gasteiger partial charge in [-0.15, -0.1) is 11.3 Å². The van der Waals surface area contributed by atoms with Crippen LogP contribution in [0.1, 0.15) is 42.5 Å². The molecular weight excluding hydrogens is 474 g/mol. The SMILES string of the molecule is COc1ccc(-[n+]2[nH]oc(=O)c2/C([O-])=N/c2sc3c(c2C#N)CCN(C(=O)OC(C)(C)C)C3)cc1. The highest BCUT2D eigenvalue weighted by atomic mass is 32.1. The summed E-state index contributed by atoms with van der Waals surface area (Å²) < 4.78 is 16.6. The third-order valence-electron chi connectivity index (χ3n) is 5.18. The summed E-state index contributed by atoms with van der Waals surface area (Å²) >= 11 is 1.14. The van der Waals surface area contributed by atoms with E-state index in [9.17, 15) is 20.0 Å². The number of hydrogen-bond donors (Lipinski definition) is 1. The van der Waals surface area contributed by atoms with Gasteiger partial charge in [-0.25, -0.2) is 14.6 Å². The summed E-state index contributed by atoms with van der Waals surface area (Å²) in [5, 5.41) is 25.4. The summed E-state index contributed by atoms with van der Waals surface area (Å²) in [7, 11) is 1.52. The molecule has 0 radical (unpaired) electrons. The minimum absolute atomic E-state index is 0.176. The summed E-state index contributed by atoms with van der Waals surface area (Å²) in [4.78, 5) is 31.2. The summed E-state index contributed by atoms with van der Waals surface area (Å²) in [5.74, 6) is -0.268. The number of nitrogens with one attached hydrogen (secondary N) is 1. The first kappa shape index (κ1) is 24.0. The summed E-state index contributed by atoms with van der Waals surface area (Å²) in [6.45, 7) is 5.98. The summed E-state index contributed by atoms with van der Waals surface area (Å²) in [6, 6.07) is 8.71. The number of rotatable bonds is 4. The molecule has 3 aromatic rings. The molecule has 11 nitrogen and oxygen atoms in total. The van der Waals surface area contributed by atoms with E-state index in [1.54, 1.807) is 49.9 Å². The molecule has 0 aliphatic carbocycles. The smallest absolute Gasteiger partial charge is 0.436 e. The van der Waals surface area contributed by atoms with E-state index < -0.39 is 23.2 Å². The maximum Gasteiger partial charge on any atom is 0.436 e. The number of hydrogen-bond acceptors (Lipinski definition) is 9. The van der Waals surface area contributed by atoms with E-state index >= 15 is 0 Å². The number of nitrogens with zero attached hydrogens (tertiary/aromatic N) is 4. The van der Waals surface area contributed by atoms with Gasteiger partial charge >= 0.3 is 17.4 Å². The predicted molar refractivity (Wildman–Crippen MR) is 123 cm³/mol. The predicted octanol–water partition coefficient (Wildman–Crippen LogP) is 1.92. The summed E-state index contributed by atoms with van der Waals surface area (Å²) in [6.07, 6.45) is -0.0226. The van der Waals surface area contributed by atoms with Crippen LogP contribution in [-0.4, -0.2) is 41.4 Å². The monoisotopic (exact) mass is 497 g/mol. The molecule has 3 heterocycles. The van der Waals surface area contributed by atoms with Crippen LogP contribution in [0.2, 0.25) is 0 Å². The van der Waals surface area contributed by atoms with E-state index in [0.29, 0.717) is 24.4 Å². The lowest BCUT2D eigenvalue weighted by atomic mass is 10.0. The van der Waals surface area contributed by atoms with Crippen molar-refractivity contribution >= 4 is 28.3 Å². The number of benzene rings is 1. The third-order valence-corrected chi connectivity index (χ3v) is 6.30. The van der Waals surface area contributed by atoms with E-state index in [4.69, 9.17) is 14.0 Å². The largest absolute Gasteiger partial charge is 0.854 e. The molecule has 2 aromatic heterocycles. The maximum absolute atomic E-state index is 13.0. The van der Waals surface area contributed by atoms with Gasteiger partial charge in [0.2, 0.25) is 5.69 Å². The molecule has 0 bridgehead atoms. The number of nitriles is 1. The Morgan fingerprint density at radius 3 is 2.69 bits per heavy atom. The highest BCUT2D eigenvalue weighted by Crippen LogP contribution is 2.38.